The Bertz CT molecular complexity index is 1150. The third-order valence-electron chi connectivity index (χ3n) is 6.35. The maximum absolute atomic E-state index is 12.6. The second kappa shape index (κ2) is 18.1. The lowest BCUT2D eigenvalue weighted by Gasteiger charge is -2.26. The number of carbonyl (C=O) groups excluding carboxylic acids is 7. The highest BCUT2D eigenvalue weighted by molar-refractivity contribution is 5.92. The normalized spacial score (nSPS) is 10.3. The summed E-state index contributed by atoms with van der Waals surface area (Å²) in [4.78, 5) is 93.5. The van der Waals surface area contributed by atoms with E-state index in [1.165, 1.54) is 47.2 Å². The fraction of sp³-hybridized carbons (Fsp3) is 0.536. The van der Waals surface area contributed by atoms with Crippen molar-refractivity contribution in [2.24, 2.45) is 0 Å². The monoisotopic (exact) mass is 605 g/mol. The van der Waals surface area contributed by atoms with Crippen LogP contribution in [0.1, 0.15) is 5.56 Å². The fourth-order valence-corrected chi connectivity index (χ4v) is 3.41. The third-order valence-corrected chi connectivity index (χ3v) is 6.35. The first-order valence-electron chi connectivity index (χ1n) is 13.4. The lowest BCUT2D eigenvalue weighted by atomic mass is 10.2. The molecule has 0 radical (unpaired) electrons. The number of ether oxygens (including phenoxy) is 1. The first kappa shape index (κ1) is 36.5. The van der Waals surface area contributed by atoms with Crippen LogP contribution in [-0.2, 0) is 44.9 Å². The van der Waals surface area contributed by atoms with Crippen molar-refractivity contribution in [1.82, 2.24) is 34.7 Å². The molecule has 0 aromatic heterocycles. The van der Waals surface area contributed by atoms with E-state index in [2.05, 4.69) is 5.32 Å². The Balaban J connectivity index is 2.47. The Labute approximate surface area is 252 Å². The van der Waals surface area contributed by atoms with E-state index >= 15 is 0 Å². The summed E-state index contributed by atoms with van der Waals surface area (Å²) >= 11 is 0. The molecular weight excluding hydrogens is 562 g/mol. The van der Waals surface area contributed by atoms with Crippen molar-refractivity contribution in [2.75, 3.05) is 95.1 Å². The molecule has 1 aromatic carbocycles. The van der Waals surface area contributed by atoms with Gasteiger partial charge in [-0.2, -0.15) is 0 Å². The highest BCUT2D eigenvalue weighted by Crippen LogP contribution is 2.02. The van der Waals surface area contributed by atoms with Crippen LogP contribution in [0.15, 0.2) is 30.3 Å². The van der Waals surface area contributed by atoms with E-state index in [4.69, 9.17) is 4.74 Å². The van der Waals surface area contributed by atoms with Crippen LogP contribution in [0.2, 0.25) is 0 Å². The molecule has 15 heteroatoms. The number of carbonyl (C=O) groups is 7. The zero-order valence-electron chi connectivity index (χ0n) is 26.0. The molecule has 1 N–H and O–H groups in total. The van der Waals surface area contributed by atoms with E-state index in [0.717, 1.165) is 30.1 Å². The zero-order chi connectivity index (χ0) is 32.7. The molecule has 0 atom stereocenters. The van der Waals surface area contributed by atoms with Crippen LogP contribution in [0.25, 0.3) is 0 Å². The smallest absolute Gasteiger partial charge is 0.325 e. The number of hydrogen-bond acceptors (Lipinski definition) is 9. The largest absolute Gasteiger partial charge is 0.459 e. The summed E-state index contributed by atoms with van der Waals surface area (Å²) in [6.07, 6.45) is 0. The quantitative estimate of drug-likeness (QED) is 0.205. The molecular formula is C28H43N7O8. The average Bonchev–Trinajstić information content (AvgIpc) is 2.96. The summed E-state index contributed by atoms with van der Waals surface area (Å²) < 4.78 is 5.17. The first-order valence-corrected chi connectivity index (χ1v) is 13.4. The summed E-state index contributed by atoms with van der Waals surface area (Å²) in [5, 5.41) is 2.70. The molecule has 0 aliphatic heterocycles. The molecule has 0 aliphatic rings. The van der Waals surface area contributed by atoms with E-state index in [1.54, 1.807) is 19.2 Å². The number of hydrogen-bond donors (Lipinski definition) is 1. The molecule has 0 aliphatic carbocycles. The molecule has 0 spiro atoms. The zero-order valence-corrected chi connectivity index (χ0v) is 26.0. The molecule has 43 heavy (non-hydrogen) atoms. The van der Waals surface area contributed by atoms with Gasteiger partial charge in [0.05, 0.1) is 39.3 Å². The van der Waals surface area contributed by atoms with Crippen molar-refractivity contribution in [2.45, 2.75) is 6.61 Å². The molecule has 0 saturated heterocycles. The van der Waals surface area contributed by atoms with E-state index in [9.17, 15) is 33.6 Å². The molecule has 0 fully saturated rings. The number of esters is 1. The van der Waals surface area contributed by atoms with Crippen LogP contribution < -0.4 is 5.32 Å². The van der Waals surface area contributed by atoms with Crippen molar-refractivity contribution >= 4 is 41.4 Å². The lowest BCUT2D eigenvalue weighted by molar-refractivity contribution is -0.150. The third kappa shape index (κ3) is 13.3. The van der Waals surface area contributed by atoms with Crippen molar-refractivity contribution in [3.63, 3.8) is 0 Å². The summed E-state index contributed by atoms with van der Waals surface area (Å²) in [6.45, 7) is -1.67. The van der Waals surface area contributed by atoms with Gasteiger partial charge in [-0.15, -0.1) is 0 Å². The molecule has 238 valence electrons. The van der Waals surface area contributed by atoms with Gasteiger partial charge in [0.15, 0.2) is 0 Å². The van der Waals surface area contributed by atoms with Crippen LogP contribution in [0.5, 0.6) is 0 Å². The van der Waals surface area contributed by atoms with Crippen LogP contribution >= 0.6 is 0 Å². The average molecular weight is 606 g/mol. The number of nitrogens with one attached hydrogen (secondary N) is 1. The Hall–Kier alpha value is -4.53. The van der Waals surface area contributed by atoms with E-state index < -0.39 is 35.5 Å². The van der Waals surface area contributed by atoms with Gasteiger partial charge in [-0.25, -0.2) is 0 Å². The van der Waals surface area contributed by atoms with Crippen molar-refractivity contribution < 1.29 is 38.3 Å². The van der Waals surface area contributed by atoms with Crippen molar-refractivity contribution in [1.29, 1.82) is 0 Å². The van der Waals surface area contributed by atoms with E-state index in [0.29, 0.717) is 0 Å². The van der Waals surface area contributed by atoms with Gasteiger partial charge in [0.1, 0.15) is 13.2 Å². The molecule has 6 amide bonds. The van der Waals surface area contributed by atoms with Gasteiger partial charge >= 0.3 is 5.97 Å². The van der Waals surface area contributed by atoms with Crippen molar-refractivity contribution in [3.8, 4) is 0 Å². The number of amides is 6. The molecule has 0 bridgehead atoms. The summed E-state index contributed by atoms with van der Waals surface area (Å²) in [6, 6.07) is 9.09. The predicted molar refractivity (Wildman–Crippen MR) is 156 cm³/mol. The lowest BCUT2D eigenvalue weighted by Crippen LogP contribution is -2.48. The van der Waals surface area contributed by atoms with Crippen LogP contribution in [-0.4, -0.2) is 166 Å². The maximum Gasteiger partial charge on any atom is 0.325 e. The van der Waals surface area contributed by atoms with Gasteiger partial charge in [0.2, 0.25) is 35.4 Å². The van der Waals surface area contributed by atoms with Gasteiger partial charge in [0.25, 0.3) is 0 Å². The number of rotatable bonds is 16. The Morgan fingerprint density at radius 1 is 0.535 bits per heavy atom. The molecule has 15 nitrogen and oxygen atoms in total. The second-order valence-electron chi connectivity index (χ2n) is 10.2. The van der Waals surface area contributed by atoms with E-state index in [-0.39, 0.29) is 58.3 Å². The standard InChI is InChI=1S/C28H43N7O8/c1-29-13-22(36)30(2)14-23(37)31(3)15-24(38)32(4)16-25(39)33(5)17-26(40)34(6)18-27(41)35(7)19-28(42)43-20-21-11-9-8-10-12-21/h8-12,29H,13-20H2,1-7H3. The molecule has 0 heterocycles. The SMILES string of the molecule is CNCC(=O)N(C)CC(=O)N(C)CC(=O)N(C)CC(=O)N(C)CC(=O)N(C)CC(=O)N(C)CC(=O)OCc1ccccc1. The minimum atomic E-state index is -0.597. The number of likely N-dealkylation sites (N-methyl/N-ethyl adjacent to an activating group) is 7. The minimum absolute atomic E-state index is 0.0719. The van der Waals surface area contributed by atoms with Crippen LogP contribution in [0.4, 0.5) is 0 Å². The predicted octanol–water partition coefficient (Wildman–Crippen LogP) is -2.30. The summed E-state index contributed by atoms with van der Waals surface area (Å²) in [5.74, 6) is -3.40. The first-order chi connectivity index (χ1) is 20.2. The minimum Gasteiger partial charge on any atom is -0.459 e. The van der Waals surface area contributed by atoms with Crippen molar-refractivity contribution in [3.05, 3.63) is 35.9 Å². The van der Waals surface area contributed by atoms with E-state index in [1.807, 2.05) is 18.2 Å². The molecule has 1 aromatic rings. The van der Waals surface area contributed by atoms with Gasteiger partial charge < -0.3 is 39.5 Å². The number of benzene rings is 1. The van der Waals surface area contributed by atoms with Crippen LogP contribution in [0.3, 0.4) is 0 Å². The highest BCUT2D eigenvalue weighted by Gasteiger charge is 2.24. The number of nitrogens with zero attached hydrogens (tertiary/aromatic N) is 6. The fourth-order valence-electron chi connectivity index (χ4n) is 3.41. The Morgan fingerprint density at radius 3 is 1.21 bits per heavy atom. The highest BCUT2D eigenvalue weighted by atomic mass is 16.5. The molecule has 1 rings (SSSR count). The molecule has 0 saturated carbocycles. The summed E-state index contributed by atoms with van der Waals surface area (Å²) in [7, 11) is 10.1. The summed E-state index contributed by atoms with van der Waals surface area (Å²) in [5.41, 5.74) is 0.810. The molecule has 0 unspecified atom stereocenters. The second-order valence-corrected chi connectivity index (χ2v) is 10.2. The topological polar surface area (TPSA) is 160 Å². The Morgan fingerprint density at radius 2 is 0.860 bits per heavy atom. The van der Waals surface area contributed by atoms with Gasteiger partial charge in [-0.1, -0.05) is 30.3 Å². The Kier molecular flexibility index (Phi) is 15.4. The maximum atomic E-state index is 12.6. The van der Waals surface area contributed by atoms with Gasteiger partial charge in [0, 0.05) is 42.3 Å². The van der Waals surface area contributed by atoms with Crippen LogP contribution in [0, 0.1) is 0 Å². The van der Waals surface area contributed by atoms with Gasteiger partial charge in [-0.3, -0.25) is 33.6 Å². The van der Waals surface area contributed by atoms with Gasteiger partial charge in [-0.05, 0) is 12.6 Å².